The zero-order valence-corrected chi connectivity index (χ0v) is 6.34. The molecule has 1 aliphatic rings. The van der Waals surface area contributed by atoms with E-state index in [1.54, 1.807) is 6.08 Å². The molecule has 2 nitrogen and oxygen atoms in total. The summed E-state index contributed by atoms with van der Waals surface area (Å²) in [6.45, 7) is 3.00. The zero-order chi connectivity index (χ0) is 7.40. The molecule has 2 N–H and O–H groups in total. The predicted octanol–water partition coefficient (Wildman–Crippen LogP) is -0.143. The number of carbonyl (C=O) groups excluding carboxylic acids is 1. The number of hydrogen-bond donors (Lipinski definition) is 1. The van der Waals surface area contributed by atoms with E-state index >= 15 is 0 Å². The molecular weight excluding hydrogens is 126 g/mol. The lowest BCUT2D eigenvalue weighted by Gasteiger charge is -1.99. The quantitative estimate of drug-likeness (QED) is 0.532. The Morgan fingerprint density at radius 3 is 3.00 bits per heavy atom. The minimum atomic E-state index is 0.233. The van der Waals surface area contributed by atoms with Crippen LogP contribution >= 0.6 is 0 Å². The average Bonchev–Trinajstić information content (AvgIpc) is 2.38. The summed E-state index contributed by atoms with van der Waals surface area (Å²) in [6, 6.07) is 0.233. The van der Waals surface area contributed by atoms with Crippen molar-refractivity contribution in [2.45, 2.75) is 25.8 Å². The van der Waals surface area contributed by atoms with Gasteiger partial charge in [0, 0.05) is 12.8 Å². The van der Waals surface area contributed by atoms with Gasteiger partial charge in [-0.2, -0.15) is 0 Å². The molecule has 56 valence electrons. The third-order valence-corrected chi connectivity index (χ3v) is 1.87. The smallest absolute Gasteiger partial charge is 0.212 e. The van der Waals surface area contributed by atoms with Gasteiger partial charge in [0.2, 0.25) is 5.78 Å². The lowest BCUT2D eigenvalue weighted by molar-refractivity contribution is -0.656. The van der Waals surface area contributed by atoms with E-state index in [0.717, 1.165) is 13.0 Å². The molecule has 0 radical (unpaired) electrons. The summed E-state index contributed by atoms with van der Waals surface area (Å²) in [7, 11) is 0. The first-order chi connectivity index (χ1) is 4.84. The largest absolute Gasteiger partial charge is 0.337 e. The molecule has 0 aromatic rings. The summed E-state index contributed by atoms with van der Waals surface area (Å²) in [5.41, 5.74) is 0. The van der Waals surface area contributed by atoms with Crippen molar-refractivity contribution in [3.8, 4) is 0 Å². The van der Waals surface area contributed by atoms with Crippen LogP contribution in [-0.4, -0.2) is 18.4 Å². The molecule has 0 aromatic carbocycles. The van der Waals surface area contributed by atoms with Gasteiger partial charge >= 0.3 is 0 Å². The molecule has 0 bridgehead atoms. The Morgan fingerprint density at radius 1 is 1.70 bits per heavy atom. The third kappa shape index (κ3) is 1.67. The maximum Gasteiger partial charge on any atom is 0.212 e. The SMILES string of the molecule is C/C=C/C(=O)C1CCC[NH2+]1. The summed E-state index contributed by atoms with van der Waals surface area (Å²) in [5, 5.41) is 2.13. The minimum absolute atomic E-state index is 0.233. The number of allylic oxidation sites excluding steroid dienone is 1. The van der Waals surface area contributed by atoms with E-state index in [-0.39, 0.29) is 11.8 Å². The van der Waals surface area contributed by atoms with Crippen LogP contribution in [0.15, 0.2) is 12.2 Å². The second-order valence-corrected chi connectivity index (χ2v) is 2.68. The molecule has 1 heterocycles. The van der Waals surface area contributed by atoms with Crippen LogP contribution < -0.4 is 5.32 Å². The van der Waals surface area contributed by atoms with E-state index in [1.165, 1.54) is 6.42 Å². The van der Waals surface area contributed by atoms with Crippen LogP contribution in [0, 0.1) is 0 Å². The first-order valence-electron chi connectivity index (χ1n) is 3.84. The third-order valence-electron chi connectivity index (χ3n) is 1.87. The van der Waals surface area contributed by atoms with Crippen molar-refractivity contribution >= 4 is 5.78 Å². The van der Waals surface area contributed by atoms with E-state index in [4.69, 9.17) is 0 Å². The molecule has 2 heteroatoms. The zero-order valence-electron chi connectivity index (χ0n) is 6.34. The molecule has 1 fully saturated rings. The fraction of sp³-hybridized carbons (Fsp3) is 0.625. The molecule has 0 aromatic heterocycles. The van der Waals surface area contributed by atoms with Gasteiger partial charge in [-0.3, -0.25) is 4.79 Å². The van der Waals surface area contributed by atoms with Gasteiger partial charge in [0.25, 0.3) is 0 Å². The minimum Gasteiger partial charge on any atom is -0.337 e. The maximum atomic E-state index is 11.1. The van der Waals surface area contributed by atoms with Crippen molar-refractivity contribution in [3.63, 3.8) is 0 Å². The van der Waals surface area contributed by atoms with Gasteiger partial charge in [-0.1, -0.05) is 6.08 Å². The highest BCUT2D eigenvalue weighted by atomic mass is 16.1. The Balaban J connectivity index is 2.40. The van der Waals surface area contributed by atoms with Gasteiger partial charge in [-0.25, -0.2) is 0 Å². The molecule has 1 atom stereocenters. The molecule has 1 rings (SSSR count). The van der Waals surface area contributed by atoms with E-state index in [0.29, 0.717) is 0 Å². The molecule has 0 saturated carbocycles. The van der Waals surface area contributed by atoms with Crippen molar-refractivity contribution in [2.24, 2.45) is 0 Å². The molecular formula is C8H14NO+. The van der Waals surface area contributed by atoms with Crippen molar-refractivity contribution in [3.05, 3.63) is 12.2 Å². The van der Waals surface area contributed by atoms with Crippen LogP contribution in [0.3, 0.4) is 0 Å². The Kier molecular flexibility index (Phi) is 2.63. The van der Waals surface area contributed by atoms with Crippen molar-refractivity contribution in [2.75, 3.05) is 6.54 Å². The molecule has 0 aliphatic carbocycles. The van der Waals surface area contributed by atoms with Gasteiger partial charge in [-0.05, 0) is 13.0 Å². The summed E-state index contributed by atoms with van der Waals surface area (Å²) in [5.74, 6) is 0.278. The molecule has 0 amide bonds. The van der Waals surface area contributed by atoms with Crippen LogP contribution in [0.2, 0.25) is 0 Å². The van der Waals surface area contributed by atoms with Gasteiger partial charge in [-0.15, -0.1) is 0 Å². The Hall–Kier alpha value is -0.630. The average molecular weight is 140 g/mol. The second-order valence-electron chi connectivity index (χ2n) is 2.68. The van der Waals surface area contributed by atoms with E-state index in [9.17, 15) is 4.79 Å². The normalized spacial score (nSPS) is 25.9. The monoisotopic (exact) mass is 140 g/mol. The van der Waals surface area contributed by atoms with Crippen LogP contribution in [0.1, 0.15) is 19.8 Å². The number of quaternary nitrogens is 1. The fourth-order valence-corrected chi connectivity index (χ4v) is 1.32. The van der Waals surface area contributed by atoms with Gasteiger partial charge in [0.05, 0.1) is 6.54 Å². The topological polar surface area (TPSA) is 33.7 Å². The molecule has 10 heavy (non-hydrogen) atoms. The Labute approximate surface area is 61.3 Å². The van der Waals surface area contributed by atoms with E-state index in [2.05, 4.69) is 5.32 Å². The van der Waals surface area contributed by atoms with Crippen LogP contribution in [0.25, 0.3) is 0 Å². The summed E-state index contributed by atoms with van der Waals surface area (Å²) >= 11 is 0. The van der Waals surface area contributed by atoms with Gasteiger partial charge in [0.1, 0.15) is 6.04 Å². The summed E-state index contributed by atoms with van der Waals surface area (Å²) < 4.78 is 0. The Bertz CT molecular complexity index is 145. The number of nitrogens with two attached hydrogens (primary N) is 1. The van der Waals surface area contributed by atoms with Crippen LogP contribution in [0.4, 0.5) is 0 Å². The standard InChI is InChI=1S/C8H13NO/c1-2-4-8(10)7-5-3-6-9-7/h2,4,7,9H,3,5-6H2,1H3/p+1/b4-2+. The number of ketones is 1. The van der Waals surface area contributed by atoms with Gasteiger partial charge in [0.15, 0.2) is 0 Å². The van der Waals surface area contributed by atoms with Crippen LogP contribution in [-0.2, 0) is 4.79 Å². The lowest BCUT2D eigenvalue weighted by atomic mass is 10.1. The van der Waals surface area contributed by atoms with Crippen molar-refractivity contribution in [1.82, 2.24) is 0 Å². The second kappa shape index (κ2) is 3.52. The summed E-state index contributed by atoms with van der Waals surface area (Å²) in [6.07, 6.45) is 5.73. The maximum absolute atomic E-state index is 11.1. The van der Waals surface area contributed by atoms with E-state index < -0.39 is 0 Å². The highest BCUT2D eigenvalue weighted by Gasteiger charge is 2.23. The predicted molar refractivity (Wildman–Crippen MR) is 39.6 cm³/mol. The highest BCUT2D eigenvalue weighted by Crippen LogP contribution is 1.98. The fourth-order valence-electron chi connectivity index (χ4n) is 1.32. The first kappa shape index (κ1) is 7.48. The lowest BCUT2D eigenvalue weighted by Crippen LogP contribution is -2.88. The highest BCUT2D eigenvalue weighted by molar-refractivity contribution is 5.93. The molecule has 1 unspecified atom stereocenters. The van der Waals surface area contributed by atoms with Crippen LogP contribution in [0.5, 0.6) is 0 Å². The summed E-state index contributed by atoms with van der Waals surface area (Å²) in [4.78, 5) is 11.1. The molecule has 1 saturated heterocycles. The molecule has 1 aliphatic heterocycles. The number of rotatable bonds is 2. The first-order valence-corrected chi connectivity index (χ1v) is 3.84. The number of carbonyl (C=O) groups is 1. The van der Waals surface area contributed by atoms with Crippen molar-refractivity contribution < 1.29 is 10.1 Å². The molecule has 0 spiro atoms. The number of hydrogen-bond acceptors (Lipinski definition) is 1. The van der Waals surface area contributed by atoms with Gasteiger partial charge < -0.3 is 5.32 Å². The Morgan fingerprint density at radius 2 is 2.50 bits per heavy atom. The van der Waals surface area contributed by atoms with Crippen molar-refractivity contribution in [1.29, 1.82) is 0 Å². The van der Waals surface area contributed by atoms with E-state index in [1.807, 2.05) is 13.0 Å².